The third kappa shape index (κ3) is 4.00. The smallest absolute Gasteiger partial charge is 0.355 e. The van der Waals surface area contributed by atoms with E-state index in [9.17, 15) is 9.59 Å². The van der Waals surface area contributed by atoms with E-state index in [0.29, 0.717) is 6.54 Å². The van der Waals surface area contributed by atoms with Gasteiger partial charge in [0.25, 0.3) is 0 Å². The summed E-state index contributed by atoms with van der Waals surface area (Å²) in [6.45, 7) is 2.85. The number of hydrogen-bond donors (Lipinski definition) is 2. The summed E-state index contributed by atoms with van der Waals surface area (Å²) in [5.41, 5.74) is 0.0847. The molecule has 8 heteroatoms. The van der Waals surface area contributed by atoms with Crippen LogP contribution in [0, 0.1) is 5.92 Å². The first kappa shape index (κ1) is 16.2. The summed E-state index contributed by atoms with van der Waals surface area (Å²) in [5, 5.41) is 14.2. The summed E-state index contributed by atoms with van der Waals surface area (Å²) in [6.07, 6.45) is 3.79. The zero-order valence-corrected chi connectivity index (χ0v) is 13.7. The average Bonchev–Trinajstić information content (AvgIpc) is 3.24. The highest BCUT2D eigenvalue weighted by atomic mass is 32.1. The normalized spacial score (nSPS) is 22.3. The fourth-order valence-corrected chi connectivity index (χ4v) is 3.86. The lowest BCUT2D eigenvalue weighted by Gasteiger charge is -2.31. The highest BCUT2D eigenvalue weighted by molar-refractivity contribution is 7.13. The number of ether oxygens (including phenoxy) is 1. The van der Waals surface area contributed by atoms with Gasteiger partial charge in [-0.1, -0.05) is 0 Å². The first-order valence-corrected chi connectivity index (χ1v) is 8.84. The molecule has 0 bridgehead atoms. The van der Waals surface area contributed by atoms with Crippen molar-refractivity contribution < 1.29 is 19.4 Å². The molecule has 1 aromatic rings. The Bertz CT molecular complexity index is 563. The molecule has 7 nitrogen and oxygen atoms in total. The average molecular weight is 339 g/mol. The zero-order chi connectivity index (χ0) is 16.2. The van der Waals surface area contributed by atoms with Crippen molar-refractivity contribution in [3.8, 4) is 0 Å². The van der Waals surface area contributed by atoms with Crippen molar-refractivity contribution in [1.29, 1.82) is 0 Å². The summed E-state index contributed by atoms with van der Waals surface area (Å²) in [4.78, 5) is 29.3. The minimum Gasteiger partial charge on any atom is -0.476 e. The largest absolute Gasteiger partial charge is 0.476 e. The third-order valence-corrected chi connectivity index (χ3v) is 5.28. The number of carbonyl (C=O) groups is 2. The number of piperidine rings is 1. The van der Waals surface area contributed by atoms with E-state index in [2.05, 4.69) is 15.2 Å². The highest BCUT2D eigenvalue weighted by Crippen LogP contribution is 2.26. The minimum absolute atomic E-state index is 0.0200. The van der Waals surface area contributed by atoms with Crippen molar-refractivity contribution in [2.45, 2.75) is 31.8 Å². The van der Waals surface area contributed by atoms with Gasteiger partial charge in [-0.3, -0.25) is 4.79 Å². The molecule has 1 atom stereocenters. The van der Waals surface area contributed by atoms with Gasteiger partial charge in [0.2, 0.25) is 5.91 Å². The Morgan fingerprint density at radius 3 is 2.78 bits per heavy atom. The molecule has 3 heterocycles. The van der Waals surface area contributed by atoms with Crippen LogP contribution in [-0.4, -0.2) is 54.3 Å². The van der Waals surface area contributed by atoms with E-state index >= 15 is 0 Å². The fraction of sp³-hybridized carbons (Fsp3) is 0.667. The molecule has 1 amide bonds. The minimum atomic E-state index is -1.00. The number of carboxylic acid groups (broad SMARTS) is 1. The fourth-order valence-electron chi connectivity index (χ4n) is 3.00. The number of nitrogens with zero attached hydrogens (tertiary/aromatic N) is 2. The van der Waals surface area contributed by atoms with E-state index in [0.717, 1.165) is 50.5 Å². The van der Waals surface area contributed by atoms with Crippen molar-refractivity contribution in [2.75, 3.05) is 31.1 Å². The molecule has 0 saturated carbocycles. The predicted molar refractivity (Wildman–Crippen MR) is 86.0 cm³/mol. The van der Waals surface area contributed by atoms with Crippen LogP contribution in [0.5, 0.6) is 0 Å². The van der Waals surface area contributed by atoms with E-state index in [-0.39, 0.29) is 23.6 Å². The number of nitrogens with one attached hydrogen (secondary N) is 1. The Morgan fingerprint density at radius 2 is 2.17 bits per heavy atom. The van der Waals surface area contributed by atoms with E-state index in [1.54, 1.807) is 5.38 Å². The number of hydrogen-bond acceptors (Lipinski definition) is 6. The third-order valence-electron chi connectivity index (χ3n) is 4.38. The van der Waals surface area contributed by atoms with Crippen LogP contribution in [0.3, 0.4) is 0 Å². The molecule has 1 unspecified atom stereocenters. The lowest BCUT2D eigenvalue weighted by Crippen LogP contribution is -2.42. The molecule has 1 aromatic heterocycles. The first-order chi connectivity index (χ1) is 11.1. The van der Waals surface area contributed by atoms with Crippen LogP contribution in [0.15, 0.2) is 5.38 Å². The second-order valence-corrected chi connectivity index (χ2v) is 6.80. The van der Waals surface area contributed by atoms with Crippen molar-refractivity contribution in [3.05, 3.63) is 11.1 Å². The summed E-state index contributed by atoms with van der Waals surface area (Å²) >= 11 is 1.34. The summed E-state index contributed by atoms with van der Waals surface area (Å²) in [5.74, 6) is -0.882. The quantitative estimate of drug-likeness (QED) is 0.841. The van der Waals surface area contributed by atoms with Crippen molar-refractivity contribution >= 4 is 28.3 Å². The molecule has 23 heavy (non-hydrogen) atoms. The summed E-state index contributed by atoms with van der Waals surface area (Å²) < 4.78 is 5.51. The second kappa shape index (κ2) is 7.27. The molecule has 0 radical (unpaired) electrons. The van der Waals surface area contributed by atoms with Gasteiger partial charge >= 0.3 is 5.97 Å². The Morgan fingerprint density at radius 1 is 1.39 bits per heavy atom. The maximum atomic E-state index is 12.2. The van der Waals surface area contributed by atoms with Crippen molar-refractivity contribution in [3.63, 3.8) is 0 Å². The van der Waals surface area contributed by atoms with Gasteiger partial charge in [0.15, 0.2) is 10.8 Å². The maximum absolute atomic E-state index is 12.2. The van der Waals surface area contributed by atoms with Crippen LogP contribution < -0.4 is 10.2 Å². The van der Waals surface area contributed by atoms with Crippen LogP contribution in [0.2, 0.25) is 0 Å². The van der Waals surface area contributed by atoms with Gasteiger partial charge < -0.3 is 20.1 Å². The van der Waals surface area contributed by atoms with E-state index < -0.39 is 5.97 Å². The molecule has 3 rings (SSSR count). The molecule has 2 saturated heterocycles. The lowest BCUT2D eigenvalue weighted by atomic mass is 9.96. The summed E-state index contributed by atoms with van der Waals surface area (Å²) in [7, 11) is 0. The van der Waals surface area contributed by atoms with Gasteiger partial charge in [0, 0.05) is 37.5 Å². The van der Waals surface area contributed by atoms with Crippen LogP contribution in [0.4, 0.5) is 5.13 Å². The van der Waals surface area contributed by atoms with Crippen molar-refractivity contribution in [1.82, 2.24) is 10.3 Å². The maximum Gasteiger partial charge on any atom is 0.355 e. The van der Waals surface area contributed by atoms with E-state index in [4.69, 9.17) is 9.84 Å². The number of aromatic nitrogens is 1. The number of rotatable bonds is 5. The number of thiazole rings is 1. The molecule has 0 aliphatic carbocycles. The molecular weight excluding hydrogens is 318 g/mol. The van der Waals surface area contributed by atoms with Gasteiger partial charge in [-0.15, -0.1) is 11.3 Å². The van der Waals surface area contributed by atoms with Crippen molar-refractivity contribution in [2.24, 2.45) is 5.92 Å². The zero-order valence-electron chi connectivity index (χ0n) is 12.9. The number of anilines is 1. The molecule has 2 N–H and O–H groups in total. The number of carbonyl (C=O) groups excluding carboxylic acids is 1. The molecule has 2 aliphatic heterocycles. The molecule has 126 valence electrons. The Hall–Kier alpha value is -1.67. The van der Waals surface area contributed by atoms with Gasteiger partial charge in [-0.25, -0.2) is 9.78 Å². The topological polar surface area (TPSA) is 91.8 Å². The number of aromatic carboxylic acids is 1. The molecular formula is C15H21N3O4S. The van der Waals surface area contributed by atoms with Gasteiger partial charge in [0.05, 0.1) is 6.10 Å². The SMILES string of the molecule is O=C(O)c1csc(N2CCC(C(=O)NCC3CCCO3)CC2)n1. The molecule has 2 aliphatic rings. The monoisotopic (exact) mass is 339 g/mol. The van der Waals surface area contributed by atoms with E-state index in [1.807, 2.05) is 0 Å². The Kier molecular flexibility index (Phi) is 5.12. The summed E-state index contributed by atoms with van der Waals surface area (Å²) in [6, 6.07) is 0. The molecule has 0 spiro atoms. The first-order valence-electron chi connectivity index (χ1n) is 7.96. The van der Waals surface area contributed by atoms with Gasteiger partial charge in [-0.05, 0) is 25.7 Å². The van der Waals surface area contributed by atoms with Crippen LogP contribution >= 0.6 is 11.3 Å². The van der Waals surface area contributed by atoms with Crippen LogP contribution in [0.1, 0.15) is 36.2 Å². The van der Waals surface area contributed by atoms with Crippen LogP contribution in [0.25, 0.3) is 0 Å². The van der Waals surface area contributed by atoms with Crippen LogP contribution in [-0.2, 0) is 9.53 Å². The molecule has 0 aromatic carbocycles. The second-order valence-electron chi connectivity index (χ2n) is 5.96. The van der Waals surface area contributed by atoms with E-state index in [1.165, 1.54) is 11.3 Å². The Labute approximate surface area is 138 Å². The van der Waals surface area contributed by atoms with Gasteiger partial charge in [0.1, 0.15) is 0 Å². The predicted octanol–water partition coefficient (Wildman–Crippen LogP) is 1.35. The van der Waals surface area contributed by atoms with Gasteiger partial charge in [-0.2, -0.15) is 0 Å². The lowest BCUT2D eigenvalue weighted by molar-refractivity contribution is -0.126. The Balaban J connectivity index is 1.45. The molecule has 2 fully saturated rings. The number of amides is 1. The standard InChI is InChI=1S/C15H21N3O4S/c19-13(16-8-11-2-1-7-22-11)10-3-5-18(6-4-10)15-17-12(9-23-15)14(20)21/h9-11H,1-8H2,(H,16,19)(H,20,21). The highest BCUT2D eigenvalue weighted by Gasteiger charge is 2.27. The number of carboxylic acids is 1.